The maximum atomic E-state index is 10.8. The lowest BCUT2D eigenvalue weighted by Crippen LogP contribution is -2.18. The maximum Gasteiger partial charge on any atom is 0.123 e. The largest absolute Gasteiger partial charge is 0.507 e. The van der Waals surface area contributed by atoms with Crippen LogP contribution in [0.1, 0.15) is 84.9 Å². The Bertz CT molecular complexity index is 471. The predicted molar refractivity (Wildman–Crippen MR) is 106 cm³/mol. The second kappa shape index (κ2) is 7.96. The molecule has 1 atom stereocenters. The zero-order valence-electron chi connectivity index (χ0n) is 16.4. The molecule has 1 rings (SSSR count). The summed E-state index contributed by atoms with van der Waals surface area (Å²) in [5, 5.41) is 11.5. The van der Waals surface area contributed by atoms with Crippen LogP contribution in [0.25, 0.3) is 0 Å². The Morgan fingerprint density at radius 2 is 1.48 bits per heavy atom. The van der Waals surface area contributed by atoms with Crippen molar-refractivity contribution in [3.8, 4) is 5.75 Å². The minimum atomic E-state index is -0.0361. The Balaban J connectivity index is 3.00. The molecule has 0 saturated heterocycles. The first-order valence-corrected chi connectivity index (χ1v) is 10.00. The molecule has 1 unspecified atom stereocenters. The highest BCUT2D eigenvalue weighted by Gasteiger charge is 2.26. The van der Waals surface area contributed by atoms with Crippen molar-refractivity contribution < 1.29 is 5.11 Å². The molecular formula is C21H36OS. The molecule has 0 bridgehead atoms. The molecule has 132 valence electrons. The minimum absolute atomic E-state index is 0.0361. The smallest absolute Gasteiger partial charge is 0.123 e. The number of benzene rings is 1. The first-order chi connectivity index (χ1) is 10.5. The fourth-order valence-corrected chi connectivity index (χ4v) is 3.61. The fraction of sp³-hybridized carbons (Fsp3) is 0.714. The van der Waals surface area contributed by atoms with Crippen molar-refractivity contribution in [3.63, 3.8) is 0 Å². The topological polar surface area (TPSA) is 20.2 Å². The number of phenolic OH excluding ortho intramolecular Hbond substituents is 1. The molecular weight excluding hydrogens is 300 g/mol. The highest BCUT2D eigenvalue weighted by molar-refractivity contribution is 7.99. The predicted octanol–water partition coefficient (Wildman–Crippen LogP) is 6.45. The molecule has 0 radical (unpaired) electrons. The van der Waals surface area contributed by atoms with E-state index in [1.54, 1.807) is 0 Å². The molecule has 0 spiro atoms. The molecule has 1 nitrogen and oxygen atoms in total. The van der Waals surface area contributed by atoms with Crippen molar-refractivity contribution in [2.24, 2.45) is 0 Å². The summed E-state index contributed by atoms with van der Waals surface area (Å²) >= 11 is 2.07. The maximum absolute atomic E-state index is 10.8. The van der Waals surface area contributed by atoms with Crippen LogP contribution < -0.4 is 0 Å². The third kappa shape index (κ3) is 6.06. The van der Waals surface area contributed by atoms with E-state index in [1.807, 2.05) is 0 Å². The first kappa shape index (κ1) is 20.4. The SMILES string of the molecule is CCC(C)SCCCc1cc(C(C)(C)C)c(O)c(C(C)(C)C)c1. The number of aryl methyl sites for hydroxylation is 1. The van der Waals surface area contributed by atoms with E-state index < -0.39 is 0 Å². The van der Waals surface area contributed by atoms with E-state index in [1.165, 1.54) is 24.2 Å². The molecule has 0 saturated carbocycles. The quantitative estimate of drug-likeness (QED) is 0.602. The third-order valence-corrected chi connectivity index (χ3v) is 5.80. The molecule has 0 aliphatic rings. The lowest BCUT2D eigenvalue weighted by Gasteiger charge is -2.28. The van der Waals surface area contributed by atoms with Crippen LogP contribution >= 0.6 is 11.8 Å². The highest BCUT2D eigenvalue weighted by Crippen LogP contribution is 2.40. The first-order valence-electron chi connectivity index (χ1n) is 8.95. The standard InChI is InChI=1S/C21H36OS/c1-9-15(2)23-12-10-11-16-13-17(20(3,4)5)19(22)18(14-16)21(6,7)8/h13-15,22H,9-12H2,1-8H3. The van der Waals surface area contributed by atoms with Crippen LogP contribution in [0, 0.1) is 0 Å². The lowest BCUT2D eigenvalue weighted by atomic mass is 9.78. The van der Waals surface area contributed by atoms with Crippen LogP contribution in [0.15, 0.2) is 12.1 Å². The molecule has 23 heavy (non-hydrogen) atoms. The van der Waals surface area contributed by atoms with Gasteiger partial charge in [0.2, 0.25) is 0 Å². The number of hydrogen-bond acceptors (Lipinski definition) is 2. The summed E-state index contributed by atoms with van der Waals surface area (Å²) in [5.74, 6) is 1.70. The number of phenols is 1. The average Bonchev–Trinajstić information content (AvgIpc) is 2.41. The van der Waals surface area contributed by atoms with Gasteiger partial charge in [0, 0.05) is 5.25 Å². The Kier molecular flexibility index (Phi) is 7.07. The van der Waals surface area contributed by atoms with Gasteiger partial charge in [-0.3, -0.25) is 0 Å². The van der Waals surface area contributed by atoms with Gasteiger partial charge in [-0.1, -0.05) is 67.5 Å². The van der Waals surface area contributed by atoms with Gasteiger partial charge in [0.05, 0.1) is 0 Å². The van der Waals surface area contributed by atoms with Crippen LogP contribution in [0.3, 0.4) is 0 Å². The second-order valence-corrected chi connectivity index (χ2v) is 10.3. The average molecular weight is 337 g/mol. The van der Waals surface area contributed by atoms with Crippen LogP contribution in [0.2, 0.25) is 0 Å². The van der Waals surface area contributed by atoms with Crippen molar-refractivity contribution >= 4 is 11.8 Å². The molecule has 0 aliphatic carbocycles. The van der Waals surface area contributed by atoms with Crippen molar-refractivity contribution in [2.75, 3.05) is 5.75 Å². The van der Waals surface area contributed by atoms with E-state index in [-0.39, 0.29) is 10.8 Å². The van der Waals surface area contributed by atoms with Gasteiger partial charge in [-0.15, -0.1) is 0 Å². The molecule has 0 aliphatic heterocycles. The molecule has 0 aromatic heterocycles. The van der Waals surface area contributed by atoms with Crippen molar-refractivity contribution in [2.45, 2.75) is 90.7 Å². The summed E-state index contributed by atoms with van der Waals surface area (Å²) in [5.41, 5.74) is 3.45. The van der Waals surface area contributed by atoms with Gasteiger partial charge in [-0.2, -0.15) is 11.8 Å². The van der Waals surface area contributed by atoms with E-state index >= 15 is 0 Å². The second-order valence-electron chi connectivity index (χ2n) is 8.73. The third-order valence-electron chi connectivity index (χ3n) is 4.37. The number of hydrogen-bond donors (Lipinski definition) is 1. The van der Waals surface area contributed by atoms with Crippen LogP contribution in [-0.2, 0) is 17.3 Å². The zero-order valence-corrected chi connectivity index (χ0v) is 17.2. The summed E-state index contributed by atoms with van der Waals surface area (Å²) in [4.78, 5) is 0. The monoisotopic (exact) mass is 336 g/mol. The van der Waals surface area contributed by atoms with Gasteiger partial charge in [-0.05, 0) is 52.5 Å². The Morgan fingerprint density at radius 1 is 1.00 bits per heavy atom. The molecule has 0 fully saturated rings. The summed E-state index contributed by atoms with van der Waals surface area (Å²) in [6, 6.07) is 4.44. The van der Waals surface area contributed by atoms with Gasteiger partial charge in [0.15, 0.2) is 0 Å². The Hall–Kier alpha value is -0.630. The van der Waals surface area contributed by atoms with E-state index in [2.05, 4.69) is 79.3 Å². The van der Waals surface area contributed by atoms with Crippen LogP contribution in [0.4, 0.5) is 0 Å². The molecule has 2 heteroatoms. The van der Waals surface area contributed by atoms with E-state index in [0.29, 0.717) is 5.75 Å². The fourth-order valence-electron chi connectivity index (χ4n) is 2.66. The van der Waals surface area contributed by atoms with Gasteiger partial charge in [-0.25, -0.2) is 0 Å². The number of aromatic hydroxyl groups is 1. The van der Waals surface area contributed by atoms with Crippen LogP contribution in [0.5, 0.6) is 5.75 Å². The van der Waals surface area contributed by atoms with Crippen molar-refractivity contribution in [1.82, 2.24) is 0 Å². The molecule has 1 aromatic rings. The zero-order chi connectivity index (χ0) is 17.8. The van der Waals surface area contributed by atoms with E-state index in [9.17, 15) is 5.11 Å². The summed E-state index contributed by atoms with van der Waals surface area (Å²) in [7, 11) is 0. The Labute approximate surface area is 148 Å². The van der Waals surface area contributed by atoms with E-state index in [4.69, 9.17) is 0 Å². The van der Waals surface area contributed by atoms with Crippen LogP contribution in [-0.4, -0.2) is 16.1 Å². The molecule has 1 aromatic carbocycles. The summed E-state index contributed by atoms with van der Waals surface area (Å²) in [6.07, 6.45) is 3.54. The van der Waals surface area contributed by atoms with Gasteiger partial charge >= 0.3 is 0 Å². The van der Waals surface area contributed by atoms with Crippen molar-refractivity contribution in [1.29, 1.82) is 0 Å². The van der Waals surface area contributed by atoms with E-state index in [0.717, 1.165) is 22.8 Å². The Morgan fingerprint density at radius 3 is 1.87 bits per heavy atom. The molecule has 0 amide bonds. The highest BCUT2D eigenvalue weighted by atomic mass is 32.2. The lowest BCUT2D eigenvalue weighted by molar-refractivity contribution is 0.422. The van der Waals surface area contributed by atoms with Crippen molar-refractivity contribution in [3.05, 3.63) is 28.8 Å². The number of thioether (sulfide) groups is 1. The number of rotatable bonds is 6. The summed E-state index contributed by atoms with van der Waals surface area (Å²) < 4.78 is 0. The normalized spacial score (nSPS) is 14.1. The molecule has 1 N–H and O–H groups in total. The van der Waals surface area contributed by atoms with Gasteiger partial charge < -0.3 is 5.11 Å². The van der Waals surface area contributed by atoms with Gasteiger partial charge in [0.25, 0.3) is 0 Å². The summed E-state index contributed by atoms with van der Waals surface area (Å²) in [6.45, 7) is 17.6. The van der Waals surface area contributed by atoms with Gasteiger partial charge in [0.1, 0.15) is 5.75 Å². The molecule has 0 heterocycles. The minimum Gasteiger partial charge on any atom is -0.507 e.